The molecule has 1 saturated heterocycles. The average Bonchev–Trinajstić information content (AvgIpc) is 2.46. The summed E-state index contributed by atoms with van der Waals surface area (Å²) in [6.07, 6.45) is 1.82. The van der Waals surface area contributed by atoms with Crippen molar-refractivity contribution in [3.05, 3.63) is 23.8 Å². The largest absolute Gasteiger partial charge is 0.497 e. The number of hydrogen-bond donors (Lipinski definition) is 0. The van der Waals surface area contributed by atoms with Crippen molar-refractivity contribution in [3.63, 3.8) is 0 Å². The van der Waals surface area contributed by atoms with Gasteiger partial charge in [0.2, 0.25) is 0 Å². The maximum absolute atomic E-state index is 12.4. The van der Waals surface area contributed by atoms with Gasteiger partial charge in [0.15, 0.2) is 5.78 Å². The summed E-state index contributed by atoms with van der Waals surface area (Å²) >= 11 is 0. The summed E-state index contributed by atoms with van der Waals surface area (Å²) in [5, 5.41) is 0. The second-order valence-electron chi connectivity index (χ2n) is 4.34. The van der Waals surface area contributed by atoms with Crippen LogP contribution in [0.2, 0.25) is 0 Å². The molecule has 1 aliphatic rings. The highest BCUT2D eigenvalue weighted by Gasteiger charge is 2.25. The van der Waals surface area contributed by atoms with Crippen molar-refractivity contribution in [2.75, 3.05) is 27.4 Å². The van der Waals surface area contributed by atoms with Gasteiger partial charge < -0.3 is 14.2 Å². The van der Waals surface area contributed by atoms with Gasteiger partial charge in [0.05, 0.1) is 26.4 Å². The Hall–Kier alpha value is -1.55. The van der Waals surface area contributed by atoms with Gasteiger partial charge in [0, 0.05) is 18.6 Å². The minimum Gasteiger partial charge on any atom is -0.497 e. The first kappa shape index (κ1) is 12.9. The van der Waals surface area contributed by atoms with Crippen LogP contribution < -0.4 is 9.47 Å². The van der Waals surface area contributed by atoms with E-state index in [9.17, 15) is 4.79 Å². The van der Waals surface area contributed by atoms with Gasteiger partial charge in [-0.15, -0.1) is 0 Å². The van der Waals surface area contributed by atoms with E-state index in [2.05, 4.69) is 0 Å². The van der Waals surface area contributed by atoms with Crippen molar-refractivity contribution in [2.45, 2.75) is 12.8 Å². The van der Waals surface area contributed by atoms with Gasteiger partial charge in [0.1, 0.15) is 11.5 Å². The normalized spacial score (nSPS) is 19.3. The zero-order valence-corrected chi connectivity index (χ0v) is 10.8. The number of Topliss-reactive ketones (excluding diaryl/α,β-unsaturated/α-hetero) is 1. The van der Waals surface area contributed by atoms with Gasteiger partial charge in [-0.2, -0.15) is 0 Å². The summed E-state index contributed by atoms with van der Waals surface area (Å²) in [6.45, 7) is 1.26. The number of benzene rings is 1. The molecule has 0 N–H and O–H groups in total. The van der Waals surface area contributed by atoms with Gasteiger partial charge in [-0.1, -0.05) is 0 Å². The van der Waals surface area contributed by atoms with Crippen molar-refractivity contribution in [3.8, 4) is 11.5 Å². The van der Waals surface area contributed by atoms with Crippen molar-refractivity contribution in [1.82, 2.24) is 0 Å². The summed E-state index contributed by atoms with van der Waals surface area (Å²) in [4.78, 5) is 12.4. The predicted octanol–water partition coefficient (Wildman–Crippen LogP) is 2.31. The lowest BCUT2D eigenvalue weighted by molar-refractivity contribution is 0.0459. The lowest BCUT2D eigenvalue weighted by Gasteiger charge is -2.21. The molecule has 1 heterocycles. The third kappa shape index (κ3) is 2.64. The Labute approximate surface area is 107 Å². The van der Waals surface area contributed by atoms with E-state index in [4.69, 9.17) is 14.2 Å². The molecular formula is C14H18O4. The van der Waals surface area contributed by atoms with Crippen LogP contribution in [0.5, 0.6) is 11.5 Å². The van der Waals surface area contributed by atoms with Crippen LogP contribution in [0, 0.1) is 5.92 Å². The van der Waals surface area contributed by atoms with E-state index in [0.717, 1.165) is 19.4 Å². The predicted molar refractivity (Wildman–Crippen MR) is 67.4 cm³/mol. The molecule has 0 radical (unpaired) electrons. The molecular weight excluding hydrogens is 232 g/mol. The third-order valence-electron chi connectivity index (χ3n) is 3.21. The van der Waals surface area contributed by atoms with Crippen molar-refractivity contribution in [1.29, 1.82) is 0 Å². The first-order chi connectivity index (χ1) is 8.76. The Kier molecular flexibility index (Phi) is 4.20. The topological polar surface area (TPSA) is 44.8 Å². The lowest BCUT2D eigenvalue weighted by atomic mass is 9.92. The van der Waals surface area contributed by atoms with Crippen LogP contribution >= 0.6 is 0 Å². The molecule has 4 nitrogen and oxygen atoms in total. The highest BCUT2D eigenvalue weighted by Crippen LogP contribution is 2.28. The smallest absolute Gasteiger partial charge is 0.171 e. The van der Waals surface area contributed by atoms with Crippen LogP contribution in [0.1, 0.15) is 23.2 Å². The van der Waals surface area contributed by atoms with Crippen LogP contribution in [-0.2, 0) is 4.74 Å². The summed E-state index contributed by atoms with van der Waals surface area (Å²) in [5.41, 5.74) is 0.605. The summed E-state index contributed by atoms with van der Waals surface area (Å²) < 4.78 is 15.7. The number of ether oxygens (including phenoxy) is 3. The number of ketones is 1. The zero-order valence-electron chi connectivity index (χ0n) is 10.8. The highest BCUT2D eigenvalue weighted by molar-refractivity contribution is 6.00. The van der Waals surface area contributed by atoms with Crippen LogP contribution in [0.25, 0.3) is 0 Å². The monoisotopic (exact) mass is 250 g/mol. The molecule has 1 aromatic carbocycles. The molecule has 0 saturated carbocycles. The molecule has 0 aliphatic carbocycles. The molecule has 1 aliphatic heterocycles. The van der Waals surface area contributed by atoms with Gasteiger partial charge in [-0.25, -0.2) is 0 Å². The van der Waals surface area contributed by atoms with Crippen molar-refractivity contribution >= 4 is 5.78 Å². The number of methoxy groups -OCH3 is 2. The molecule has 0 aromatic heterocycles. The molecule has 1 fully saturated rings. The molecule has 2 rings (SSSR count). The highest BCUT2D eigenvalue weighted by atomic mass is 16.5. The molecule has 0 bridgehead atoms. The number of carbonyl (C=O) groups is 1. The van der Waals surface area contributed by atoms with E-state index in [1.165, 1.54) is 0 Å². The Balaban J connectivity index is 2.23. The second kappa shape index (κ2) is 5.87. The minimum absolute atomic E-state index is 0.0546. The maximum Gasteiger partial charge on any atom is 0.171 e. The van der Waals surface area contributed by atoms with Gasteiger partial charge >= 0.3 is 0 Å². The van der Waals surface area contributed by atoms with E-state index >= 15 is 0 Å². The van der Waals surface area contributed by atoms with Gasteiger partial charge in [-0.3, -0.25) is 4.79 Å². The quantitative estimate of drug-likeness (QED) is 0.769. The van der Waals surface area contributed by atoms with E-state index in [0.29, 0.717) is 23.7 Å². The van der Waals surface area contributed by atoms with E-state index in [-0.39, 0.29) is 11.7 Å². The molecule has 1 unspecified atom stereocenters. The third-order valence-corrected chi connectivity index (χ3v) is 3.21. The van der Waals surface area contributed by atoms with E-state index in [1.807, 2.05) is 0 Å². The van der Waals surface area contributed by atoms with Crippen LogP contribution in [-0.4, -0.2) is 33.2 Å². The molecule has 1 atom stereocenters. The van der Waals surface area contributed by atoms with E-state index in [1.54, 1.807) is 32.4 Å². The van der Waals surface area contributed by atoms with Gasteiger partial charge in [0.25, 0.3) is 0 Å². The first-order valence-electron chi connectivity index (χ1n) is 6.10. The van der Waals surface area contributed by atoms with Crippen LogP contribution in [0.15, 0.2) is 18.2 Å². The Morgan fingerprint density at radius 2 is 2.17 bits per heavy atom. The summed E-state index contributed by atoms with van der Waals surface area (Å²) in [7, 11) is 3.15. The standard InChI is InChI=1S/C14H18O4/c1-16-11-5-6-12(13(8-11)17-2)14(15)10-4-3-7-18-9-10/h5-6,8,10H,3-4,7,9H2,1-2H3. The van der Waals surface area contributed by atoms with E-state index < -0.39 is 0 Å². The number of carbonyl (C=O) groups excluding carboxylic acids is 1. The molecule has 1 aromatic rings. The SMILES string of the molecule is COc1ccc(C(=O)C2CCCOC2)c(OC)c1. The maximum atomic E-state index is 12.4. The van der Waals surface area contributed by atoms with Crippen LogP contribution in [0.4, 0.5) is 0 Å². The summed E-state index contributed by atoms with van der Waals surface area (Å²) in [5.74, 6) is 1.28. The molecule has 98 valence electrons. The van der Waals surface area contributed by atoms with Crippen molar-refractivity contribution in [2.24, 2.45) is 5.92 Å². The fourth-order valence-electron chi connectivity index (χ4n) is 2.17. The Bertz CT molecular complexity index is 422. The average molecular weight is 250 g/mol. The molecule has 0 spiro atoms. The number of rotatable bonds is 4. The Morgan fingerprint density at radius 3 is 2.78 bits per heavy atom. The lowest BCUT2D eigenvalue weighted by Crippen LogP contribution is -2.25. The van der Waals surface area contributed by atoms with Crippen molar-refractivity contribution < 1.29 is 19.0 Å². The van der Waals surface area contributed by atoms with Gasteiger partial charge in [-0.05, 0) is 25.0 Å². The minimum atomic E-state index is -0.0546. The summed E-state index contributed by atoms with van der Waals surface area (Å²) in [6, 6.07) is 5.27. The Morgan fingerprint density at radius 1 is 1.33 bits per heavy atom. The second-order valence-corrected chi connectivity index (χ2v) is 4.34. The zero-order chi connectivity index (χ0) is 13.0. The molecule has 4 heteroatoms. The molecule has 0 amide bonds. The molecule has 18 heavy (non-hydrogen) atoms. The fraction of sp³-hybridized carbons (Fsp3) is 0.500. The first-order valence-corrected chi connectivity index (χ1v) is 6.10. The fourth-order valence-corrected chi connectivity index (χ4v) is 2.17. The van der Waals surface area contributed by atoms with Crippen LogP contribution in [0.3, 0.4) is 0 Å². The number of hydrogen-bond acceptors (Lipinski definition) is 4.